The van der Waals surface area contributed by atoms with Gasteiger partial charge in [-0.15, -0.1) is 0 Å². The van der Waals surface area contributed by atoms with Crippen molar-refractivity contribution >= 4 is 27.6 Å². The lowest BCUT2D eigenvalue weighted by Gasteiger charge is -2.15. The van der Waals surface area contributed by atoms with Crippen molar-refractivity contribution in [1.29, 1.82) is 0 Å². The second-order valence-corrected chi connectivity index (χ2v) is 4.88. The van der Waals surface area contributed by atoms with Crippen molar-refractivity contribution in [3.05, 3.63) is 46.7 Å². The number of aromatic nitrogens is 2. The van der Waals surface area contributed by atoms with Crippen LogP contribution in [0.3, 0.4) is 0 Å². The number of carboxylic acid groups (broad SMARTS) is 1. The van der Waals surface area contributed by atoms with Crippen LogP contribution in [0.4, 0.5) is 5.69 Å². The molecule has 100 valence electrons. The Morgan fingerprint density at radius 1 is 1.53 bits per heavy atom. The number of para-hydroxylation sites is 1. The lowest BCUT2D eigenvalue weighted by Crippen LogP contribution is -2.20. The molecule has 0 saturated carbocycles. The molecule has 1 aromatic heterocycles. The molecule has 0 aliphatic heterocycles. The fourth-order valence-corrected chi connectivity index (χ4v) is 2.12. The number of anilines is 1. The molecule has 1 heterocycles. The van der Waals surface area contributed by atoms with Gasteiger partial charge in [-0.3, -0.25) is 4.68 Å². The number of rotatable bonds is 5. The molecular formula is C13H14BrN3O2. The summed E-state index contributed by atoms with van der Waals surface area (Å²) in [5.41, 5.74) is 1.37. The molecule has 0 amide bonds. The maximum absolute atomic E-state index is 11.4. The van der Waals surface area contributed by atoms with Crippen LogP contribution in [-0.4, -0.2) is 20.9 Å². The van der Waals surface area contributed by atoms with Crippen LogP contribution in [0.2, 0.25) is 0 Å². The molecule has 6 heteroatoms. The summed E-state index contributed by atoms with van der Waals surface area (Å²) in [5, 5.41) is 16.5. The van der Waals surface area contributed by atoms with Gasteiger partial charge >= 0.3 is 5.97 Å². The highest BCUT2D eigenvalue weighted by Gasteiger charge is 2.21. The fourth-order valence-electron chi connectivity index (χ4n) is 1.72. The number of hydrogen-bond acceptors (Lipinski definition) is 3. The Hall–Kier alpha value is -1.82. The van der Waals surface area contributed by atoms with Crippen molar-refractivity contribution in [2.75, 3.05) is 5.32 Å². The SMILES string of the molecule is CCn1cc(C(Nc2ccccc2Br)C(=O)O)cn1. The van der Waals surface area contributed by atoms with Crippen LogP contribution < -0.4 is 5.32 Å². The molecule has 2 N–H and O–H groups in total. The minimum atomic E-state index is -0.939. The minimum absolute atomic E-state index is 0.630. The molecule has 19 heavy (non-hydrogen) atoms. The summed E-state index contributed by atoms with van der Waals surface area (Å²) in [5.74, 6) is -0.939. The number of carbonyl (C=O) groups is 1. The number of halogens is 1. The highest BCUT2D eigenvalue weighted by molar-refractivity contribution is 9.10. The van der Waals surface area contributed by atoms with Crippen molar-refractivity contribution in [3.63, 3.8) is 0 Å². The van der Waals surface area contributed by atoms with Crippen LogP contribution in [0, 0.1) is 0 Å². The van der Waals surface area contributed by atoms with E-state index in [1.807, 2.05) is 31.2 Å². The van der Waals surface area contributed by atoms with Crippen LogP contribution >= 0.6 is 15.9 Å². The number of aryl methyl sites for hydroxylation is 1. The summed E-state index contributed by atoms with van der Waals surface area (Å²) >= 11 is 3.39. The zero-order valence-corrected chi connectivity index (χ0v) is 12.0. The van der Waals surface area contributed by atoms with Gasteiger partial charge in [0.1, 0.15) is 0 Å². The second kappa shape index (κ2) is 5.88. The second-order valence-electron chi connectivity index (χ2n) is 4.02. The molecule has 0 aliphatic rings. The predicted molar refractivity (Wildman–Crippen MR) is 76.0 cm³/mol. The lowest BCUT2D eigenvalue weighted by molar-refractivity contribution is -0.138. The van der Waals surface area contributed by atoms with E-state index in [-0.39, 0.29) is 0 Å². The van der Waals surface area contributed by atoms with E-state index in [2.05, 4.69) is 26.3 Å². The molecule has 5 nitrogen and oxygen atoms in total. The average molecular weight is 324 g/mol. The van der Waals surface area contributed by atoms with Gasteiger partial charge in [-0.25, -0.2) is 4.79 Å². The molecule has 2 rings (SSSR count). The Morgan fingerprint density at radius 2 is 2.26 bits per heavy atom. The Balaban J connectivity index is 2.26. The summed E-state index contributed by atoms with van der Waals surface area (Å²) in [7, 11) is 0. The van der Waals surface area contributed by atoms with E-state index >= 15 is 0 Å². The summed E-state index contributed by atoms with van der Waals surface area (Å²) < 4.78 is 2.52. The number of carboxylic acids is 1. The van der Waals surface area contributed by atoms with E-state index < -0.39 is 12.0 Å². The third kappa shape index (κ3) is 3.14. The molecule has 0 radical (unpaired) electrons. The van der Waals surface area contributed by atoms with Gasteiger partial charge < -0.3 is 10.4 Å². The first-order valence-corrected chi connectivity index (χ1v) is 6.67. The van der Waals surface area contributed by atoms with Crippen LogP contribution in [-0.2, 0) is 11.3 Å². The van der Waals surface area contributed by atoms with Crippen LogP contribution in [0.25, 0.3) is 0 Å². The minimum Gasteiger partial charge on any atom is -0.479 e. The maximum Gasteiger partial charge on any atom is 0.330 e. The van der Waals surface area contributed by atoms with Gasteiger partial charge in [-0.1, -0.05) is 12.1 Å². The zero-order valence-electron chi connectivity index (χ0n) is 10.4. The first-order valence-electron chi connectivity index (χ1n) is 5.88. The molecule has 0 spiro atoms. The van der Waals surface area contributed by atoms with E-state index in [1.165, 1.54) is 0 Å². The predicted octanol–water partition coefficient (Wildman–Crippen LogP) is 2.90. The molecule has 2 aromatic rings. The van der Waals surface area contributed by atoms with Crippen molar-refractivity contribution in [3.8, 4) is 0 Å². The number of hydrogen-bond donors (Lipinski definition) is 2. The van der Waals surface area contributed by atoms with Gasteiger partial charge in [0.15, 0.2) is 6.04 Å². The van der Waals surface area contributed by atoms with Crippen molar-refractivity contribution in [2.24, 2.45) is 0 Å². The zero-order chi connectivity index (χ0) is 13.8. The third-order valence-corrected chi connectivity index (χ3v) is 3.42. The molecule has 0 saturated heterocycles. The Bertz CT molecular complexity index is 583. The van der Waals surface area contributed by atoms with Crippen molar-refractivity contribution < 1.29 is 9.90 Å². The van der Waals surface area contributed by atoms with Gasteiger partial charge in [-0.2, -0.15) is 5.10 Å². The summed E-state index contributed by atoms with van der Waals surface area (Å²) in [6, 6.07) is 6.58. The fraction of sp³-hybridized carbons (Fsp3) is 0.231. The molecule has 1 atom stereocenters. The highest BCUT2D eigenvalue weighted by Crippen LogP contribution is 2.26. The monoisotopic (exact) mass is 323 g/mol. The molecular weight excluding hydrogens is 310 g/mol. The van der Waals surface area contributed by atoms with Gasteiger partial charge in [0.25, 0.3) is 0 Å². The van der Waals surface area contributed by atoms with Gasteiger partial charge in [0.05, 0.1) is 6.20 Å². The number of nitrogens with one attached hydrogen (secondary N) is 1. The normalized spacial score (nSPS) is 12.1. The summed E-state index contributed by atoms with van der Waals surface area (Å²) in [6.45, 7) is 2.66. The average Bonchev–Trinajstić information content (AvgIpc) is 2.86. The van der Waals surface area contributed by atoms with E-state index in [0.29, 0.717) is 12.1 Å². The van der Waals surface area contributed by atoms with Gasteiger partial charge in [0, 0.05) is 28.5 Å². The summed E-state index contributed by atoms with van der Waals surface area (Å²) in [4.78, 5) is 11.4. The largest absolute Gasteiger partial charge is 0.479 e. The maximum atomic E-state index is 11.4. The van der Waals surface area contributed by atoms with Gasteiger partial charge in [-0.05, 0) is 35.0 Å². The third-order valence-electron chi connectivity index (χ3n) is 2.73. The number of aliphatic carboxylic acids is 1. The van der Waals surface area contributed by atoms with E-state index in [9.17, 15) is 9.90 Å². The number of nitrogens with zero attached hydrogens (tertiary/aromatic N) is 2. The van der Waals surface area contributed by atoms with Crippen LogP contribution in [0.15, 0.2) is 41.1 Å². The van der Waals surface area contributed by atoms with Crippen molar-refractivity contribution in [1.82, 2.24) is 9.78 Å². The Kier molecular flexibility index (Phi) is 4.21. The van der Waals surface area contributed by atoms with Crippen LogP contribution in [0.1, 0.15) is 18.5 Å². The quantitative estimate of drug-likeness (QED) is 0.887. The molecule has 0 aliphatic carbocycles. The number of benzene rings is 1. The Labute approximate surface area is 119 Å². The summed E-state index contributed by atoms with van der Waals surface area (Å²) in [6.07, 6.45) is 3.31. The lowest BCUT2D eigenvalue weighted by atomic mass is 10.1. The molecule has 1 unspecified atom stereocenters. The Morgan fingerprint density at radius 3 is 2.84 bits per heavy atom. The first-order chi connectivity index (χ1) is 9.11. The van der Waals surface area contributed by atoms with Crippen molar-refractivity contribution in [2.45, 2.75) is 19.5 Å². The molecule has 0 bridgehead atoms. The highest BCUT2D eigenvalue weighted by atomic mass is 79.9. The first kappa shape index (κ1) is 13.6. The molecule has 1 aromatic carbocycles. The van der Waals surface area contributed by atoms with E-state index in [0.717, 1.165) is 10.2 Å². The standard InChI is InChI=1S/C13H14BrN3O2/c1-2-17-8-9(7-15-17)12(13(18)19)16-11-6-4-3-5-10(11)14/h3-8,12,16H,2H2,1H3,(H,18,19). The van der Waals surface area contributed by atoms with E-state index in [4.69, 9.17) is 0 Å². The van der Waals surface area contributed by atoms with Gasteiger partial charge in [0.2, 0.25) is 0 Å². The topological polar surface area (TPSA) is 67.2 Å². The van der Waals surface area contributed by atoms with E-state index in [1.54, 1.807) is 17.1 Å². The smallest absolute Gasteiger partial charge is 0.330 e. The van der Waals surface area contributed by atoms with Crippen LogP contribution in [0.5, 0.6) is 0 Å². The molecule has 0 fully saturated rings.